The van der Waals surface area contributed by atoms with Crippen LogP contribution in [0.4, 0.5) is 0 Å². The van der Waals surface area contributed by atoms with Crippen LogP contribution < -0.4 is 32.3 Å². The van der Waals surface area contributed by atoms with Crippen molar-refractivity contribution in [2.45, 2.75) is 342 Å². The van der Waals surface area contributed by atoms with E-state index in [0.717, 1.165) is 24.0 Å². The minimum absolute atomic E-state index is 0.0232. The van der Waals surface area contributed by atoms with Crippen molar-refractivity contribution >= 4 is 111 Å². The minimum atomic E-state index is -2.06. The first kappa shape index (κ1) is 119. The van der Waals surface area contributed by atoms with Crippen LogP contribution in [0.15, 0.2) is 95.1 Å². The zero-order valence-corrected chi connectivity index (χ0v) is 87.7. The van der Waals surface area contributed by atoms with E-state index in [4.69, 9.17) is 37.8 Å². The highest BCUT2D eigenvalue weighted by Gasteiger charge is 2.44. The number of hydrogen-bond acceptors (Lipinski definition) is 15. The normalized spacial score (nSPS) is 16.3. The molecule has 0 aliphatic rings. The van der Waals surface area contributed by atoms with Crippen LogP contribution in [-0.4, -0.2) is 214 Å². The van der Waals surface area contributed by atoms with Crippen molar-refractivity contribution in [3.63, 3.8) is 0 Å². The number of nitrogens with one attached hydrogen (secondary N) is 5. The third-order valence-electron chi connectivity index (χ3n) is 25.4. The number of hydrogen-bond donors (Lipinski definition) is 7. The maximum absolute atomic E-state index is 14.1. The van der Waals surface area contributed by atoms with Gasteiger partial charge in [-0.1, -0.05) is 209 Å². The molecule has 29 heteroatoms. The molecule has 9 amide bonds. The van der Waals surface area contributed by atoms with Crippen LogP contribution in [0.5, 0.6) is 0 Å². The summed E-state index contributed by atoms with van der Waals surface area (Å²) in [7, 11) is 1.97. The Morgan fingerprint density at radius 1 is 0.472 bits per heavy atom. The molecule has 0 aliphatic carbocycles. The van der Waals surface area contributed by atoms with Crippen molar-refractivity contribution in [3.05, 3.63) is 116 Å². The van der Waals surface area contributed by atoms with Gasteiger partial charge in [0.2, 0.25) is 53.2 Å². The fourth-order valence-corrected chi connectivity index (χ4v) is 16.5. The maximum atomic E-state index is 14.1. The zero-order chi connectivity index (χ0) is 98.8. The summed E-state index contributed by atoms with van der Waals surface area (Å²) in [6.07, 6.45) is 12.0. The lowest BCUT2D eigenvalue weighted by Gasteiger charge is -2.42. The molecule has 0 aromatic heterocycles. The number of Topliss-reactive ketones (excluding diaryl/α,β-unsaturated/α-hetero) is 2. The maximum Gasteiger partial charge on any atom is 0.326 e. The molecular weight excluding hydrogens is 1680 g/mol. The molecule has 127 heavy (non-hydrogen) atoms. The SMILES string of the molecule is C/C=C(\C)[C@@H](O[Si](C)(C)C(C)(C)C)[C@@H](C)[C@@H](C)C/C=C(\C)C(=O)N[C@H](CC(C)C)C(=O)N[C@@H](C)C(=O)N(C)[C@H](Cc1ccc(Cl)cc1)C(=O)N(C)CC(=O)NC(C(C)=O)[C@@H](C)CC.C/C=C(\C)[C@@H](O[Si](C)(C)C(C)(C)C)[C@@H](C)[C@@H](C)C/C=C(\C)C(=O)N[C@H](CC(C)C)C(=O)O.CC[C@H](C)C(NC(=O)CN(C)C(=O)[C@@H](Cc1ccc(Cl)cc1)N(C)C(=O)[C@H](C)N)C(C)=O. The van der Waals surface area contributed by atoms with Crippen LogP contribution in [0.25, 0.3) is 0 Å². The van der Waals surface area contributed by atoms with Gasteiger partial charge in [-0.25, -0.2) is 4.79 Å². The number of carboxylic acids is 1. The lowest BCUT2D eigenvalue weighted by molar-refractivity contribution is -0.146. The number of aliphatic carboxylic acids is 1. The first-order chi connectivity index (χ1) is 58.3. The number of carboxylic acid groups (broad SMARTS) is 1. The number of rotatable bonds is 47. The van der Waals surface area contributed by atoms with Gasteiger partial charge in [0.1, 0.15) is 30.2 Å². The number of likely N-dealkylation sites (N-methyl/N-ethyl adjacent to an activating group) is 4. The molecule has 0 spiro atoms. The van der Waals surface area contributed by atoms with E-state index >= 15 is 0 Å². The van der Waals surface area contributed by atoms with Crippen molar-refractivity contribution in [2.24, 2.45) is 53.1 Å². The summed E-state index contributed by atoms with van der Waals surface area (Å²) in [6.45, 7) is 64.0. The molecule has 0 fully saturated rings. The molecule has 0 bridgehead atoms. The second-order valence-corrected chi connectivity index (χ2v) is 49.7. The number of nitrogens with zero attached hydrogens (tertiary/aromatic N) is 4. The summed E-state index contributed by atoms with van der Waals surface area (Å²) >= 11 is 12.1. The van der Waals surface area contributed by atoms with Crippen LogP contribution in [0.3, 0.4) is 0 Å². The summed E-state index contributed by atoms with van der Waals surface area (Å²) in [5.41, 5.74) is 10.8. The highest BCUT2D eigenvalue weighted by Crippen LogP contribution is 2.42. The summed E-state index contributed by atoms with van der Waals surface area (Å²) < 4.78 is 13.7. The van der Waals surface area contributed by atoms with E-state index in [-0.39, 0.29) is 119 Å². The molecule has 2 unspecified atom stereocenters. The van der Waals surface area contributed by atoms with E-state index in [0.29, 0.717) is 52.8 Å². The van der Waals surface area contributed by atoms with Crippen molar-refractivity contribution in [3.8, 4) is 0 Å². The molecule has 0 saturated carbocycles. The predicted octanol–water partition coefficient (Wildman–Crippen LogP) is 16.5. The molecule has 0 heterocycles. The second kappa shape index (κ2) is 55.5. The third kappa shape index (κ3) is 40.7. The summed E-state index contributed by atoms with van der Waals surface area (Å²) in [5.74, 6) is -4.23. The van der Waals surface area contributed by atoms with Gasteiger partial charge < -0.3 is 65.9 Å². The summed E-state index contributed by atoms with van der Waals surface area (Å²) in [4.78, 5) is 160. The number of benzene rings is 2. The Labute approximate surface area is 776 Å². The number of allylic oxidation sites excluding steroid dienone is 4. The Kier molecular flexibility index (Phi) is 52.1. The van der Waals surface area contributed by atoms with Crippen LogP contribution >= 0.6 is 23.2 Å². The average Bonchev–Trinajstić information content (AvgIpc) is 0.823. The minimum Gasteiger partial charge on any atom is -0.480 e. The van der Waals surface area contributed by atoms with Crippen LogP contribution in [-0.2, 0) is 79.2 Å². The Hall–Kier alpha value is -7.67. The first-order valence-electron chi connectivity index (χ1n) is 45.3. The second-order valence-electron chi connectivity index (χ2n) is 39.3. The van der Waals surface area contributed by atoms with E-state index in [2.05, 4.69) is 155 Å². The molecule has 2 aromatic rings. The van der Waals surface area contributed by atoms with Crippen molar-refractivity contribution in [2.75, 3.05) is 41.3 Å². The van der Waals surface area contributed by atoms with Gasteiger partial charge in [0.15, 0.2) is 28.2 Å². The fraction of sp³-hybridized carbons (Fsp3) is 0.673. The van der Waals surface area contributed by atoms with Crippen molar-refractivity contribution in [1.82, 2.24) is 46.2 Å². The van der Waals surface area contributed by atoms with E-state index in [1.54, 1.807) is 69.3 Å². The molecule has 0 aliphatic heterocycles. The number of nitrogens with two attached hydrogens (primary N) is 1. The van der Waals surface area contributed by atoms with E-state index in [1.165, 1.54) is 79.7 Å². The van der Waals surface area contributed by atoms with Gasteiger partial charge in [-0.3, -0.25) is 52.7 Å². The van der Waals surface area contributed by atoms with Gasteiger partial charge in [-0.2, -0.15) is 0 Å². The number of halogens is 2. The van der Waals surface area contributed by atoms with Crippen LogP contribution in [0.2, 0.25) is 46.3 Å². The van der Waals surface area contributed by atoms with Gasteiger partial charge in [0, 0.05) is 62.2 Å². The highest BCUT2D eigenvalue weighted by atomic mass is 35.5. The van der Waals surface area contributed by atoms with Gasteiger partial charge in [0.25, 0.3) is 0 Å². The average molecular weight is 1850 g/mol. The van der Waals surface area contributed by atoms with Crippen LogP contribution in [0, 0.1) is 47.3 Å². The monoisotopic (exact) mass is 1850 g/mol. The molecular formula is C98H166Cl2N10O15Si2. The molecule has 720 valence electrons. The molecule has 0 saturated heterocycles. The summed E-state index contributed by atoms with van der Waals surface area (Å²) in [5, 5.41) is 24.5. The van der Waals surface area contributed by atoms with Gasteiger partial charge in [0.05, 0.1) is 43.4 Å². The summed E-state index contributed by atoms with van der Waals surface area (Å²) in [6, 6.07) is 7.01. The Bertz CT molecular complexity index is 4040. The molecule has 25 nitrogen and oxygen atoms in total. The Balaban J connectivity index is 0.00000208. The number of ketones is 2. The lowest BCUT2D eigenvalue weighted by atomic mass is 9.85. The molecule has 16 atom stereocenters. The highest BCUT2D eigenvalue weighted by molar-refractivity contribution is 6.74. The smallest absolute Gasteiger partial charge is 0.326 e. The van der Waals surface area contributed by atoms with Gasteiger partial charge in [-0.15, -0.1) is 0 Å². The zero-order valence-electron chi connectivity index (χ0n) is 84.2. The van der Waals surface area contributed by atoms with Gasteiger partial charge in [-0.05, 0) is 225 Å². The lowest BCUT2D eigenvalue weighted by Crippen LogP contribution is -2.57. The van der Waals surface area contributed by atoms with E-state index in [9.17, 15) is 62.6 Å². The topological polar surface area (TPSA) is 343 Å². The third-order valence-corrected chi connectivity index (χ3v) is 34.8. The number of carbonyl (C=O) groups excluding carboxylic acids is 11. The van der Waals surface area contributed by atoms with Crippen molar-refractivity contribution < 1.29 is 71.5 Å². The molecule has 8 N–H and O–H groups in total. The quantitative estimate of drug-likeness (QED) is 0.0184. The number of amides is 9. The Morgan fingerprint density at radius 2 is 0.787 bits per heavy atom. The molecule has 2 rings (SSSR count). The standard InChI is InChI=1S/C49H82ClN5O7Si.C26H49NO4Si.C23H35ClN4O4/c1-19-31(5)43(37(11)56)53-42(57)29-54(15)48(61)41(28-38-23-25-39(50)26-24-38)55(16)47(60)36(10)51-46(59)40(27-30(3)4)52-45(58)34(8)22-21-33(7)35(9)44(32(6)20-2)62-63(17,18)49(12,13)14;1-13-18(4)23(31-32(11,12)26(8,9)10)21(7)19(5)14-15-20(6)24(28)27-22(25(29)30)16-17(2)3;1-7-14(2)21(16(4)29)26-20(30)13-27(5)23(32)19(28(6)22(31)15(3)25)12-17-8-10-18(24)11-9-17/h20,22-26,30-31,33,35-36,40-41,43-44H,19,21,27-29H2,1-18H3,(H,51,59)(H,52,58)(H,53,57);13,15,17,19,21-23H,14,16H2,1-12H3,(H,27,28)(H,29,30);8-11,14-15,19,21H,7,12-13,25H2,1-6H3,(H,26,30)/b32-20+,34-22+;18-13+,20-15+;/t31-,33-,35-,36-,40+,41+,43?,44+;19-,21-,22+,23+;14-,15-,19+,21?/m000/s1. The fourth-order valence-electron chi connectivity index (χ4n) is 13.5. The Morgan fingerprint density at radius 3 is 1.07 bits per heavy atom. The largest absolute Gasteiger partial charge is 0.480 e. The van der Waals surface area contributed by atoms with E-state index < -0.39 is 106 Å². The molecule has 0 radical (unpaired) electrons. The van der Waals surface area contributed by atoms with E-state index in [1.807, 2.05) is 74.5 Å². The molecule has 2 aromatic carbocycles. The van der Waals surface area contributed by atoms with Crippen LogP contribution in [0.1, 0.15) is 244 Å². The predicted molar refractivity (Wildman–Crippen MR) is 521 cm³/mol. The van der Waals surface area contributed by atoms with Gasteiger partial charge >= 0.3 is 5.97 Å². The number of carbonyl (C=O) groups is 12. The first-order valence-corrected chi connectivity index (χ1v) is 51.9. The van der Waals surface area contributed by atoms with Crippen molar-refractivity contribution in [1.29, 1.82) is 0 Å².